The molecule has 1 aliphatic rings. The fourth-order valence-corrected chi connectivity index (χ4v) is 4.11. The van der Waals surface area contributed by atoms with Gasteiger partial charge in [-0.1, -0.05) is 11.6 Å². The summed E-state index contributed by atoms with van der Waals surface area (Å²) < 4.78 is 39.1. The van der Waals surface area contributed by atoms with Crippen LogP contribution >= 0.6 is 11.6 Å². The molecular weight excluding hydrogens is 279 g/mol. The second kappa shape index (κ2) is 5.13. The number of hydrogen-bond donors (Lipinski definition) is 1. The molecule has 2 rings (SSSR count). The summed E-state index contributed by atoms with van der Waals surface area (Å²) >= 11 is 5.61. The molecule has 100 valence electrons. The molecular formula is C11H14ClFN2O2S. The van der Waals surface area contributed by atoms with Crippen molar-refractivity contribution in [2.75, 3.05) is 13.1 Å². The first-order valence-corrected chi connectivity index (χ1v) is 7.45. The van der Waals surface area contributed by atoms with Crippen molar-refractivity contribution in [1.29, 1.82) is 0 Å². The Morgan fingerprint density at radius 2 is 2.22 bits per heavy atom. The number of nitrogens with zero attached hydrogens (tertiary/aromatic N) is 1. The average molecular weight is 293 g/mol. The van der Waals surface area contributed by atoms with Gasteiger partial charge in [-0.2, -0.15) is 4.31 Å². The van der Waals surface area contributed by atoms with Crippen LogP contribution in [0.2, 0.25) is 5.02 Å². The first kappa shape index (κ1) is 13.7. The number of sulfonamides is 1. The molecule has 0 bridgehead atoms. The van der Waals surface area contributed by atoms with Gasteiger partial charge in [0.25, 0.3) is 0 Å². The minimum Gasteiger partial charge on any atom is -0.329 e. The summed E-state index contributed by atoms with van der Waals surface area (Å²) in [5, 5.41) is -0.195. The molecule has 0 amide bonds. The molecule has 0 aliphatic carbocycles. The monoisotopic (exact) mass is 292 g/mol. The average Bonchev–Trinajstić information content (AvgIpc) is 2.81. The van der Waals surface area contributed by atoms with E-state index >= 15 is 0 Å². The molecule has 2 N–H and O–H groups in total. The van der Waals surface area contributed by atoms with Crippen molar-refractivity contribution in [2.45, 2.75) is 23.8 Å². The quantitative estimate of drug-likeness (QED) is 0.920. The lowest BCUT2D eigenvalue weighted by molar-refractivity contribution is 0.393. The van der Waals surface area contributed by atoms with Crippen molar-refractivity contribution in [1.82, 2.24) is 4.31 Å². The minimum absolute atomic E-state index is 0.00856. The number of rotatable bonds is 3. The van der Waals surface area contributed by atoms with Crippen molar-refractivity contribution in [3.8, 4) is 0 Å². The van der Waals surface area contributed by atoms with E-state index in [-0.39, 0.29) is 22.5 Å². The van der Waals surface area contributed by atoms with Crippen LogP contribution in [0.4, 0.5) is 4.39 Å². The molecule has 1 fully saturated rings. The maximum absolute atomic E-state index is 13.0. The van der Waals surface area contributed by atoms with Gasteiger partial charge in [0, 0.05) is 19.1 Å². The Bertz CT molecular complexity index is 550. The van der Waals surface area contributed by atoms with Crippen molar-refractivity contribution >= 4 is 21.6 Å². The summed E-state index contributed by atoms with van der Waals surface area (Å²) in [6.45, 7) is 0.730. The highest BCUT2D eigenvalue weighted by molar-refractivity contribution is 7.89. The minimum atomic E-state index is -3.64. The summed E-state index contributed by atoms with van der Waals surface area (Å²) in [5.74, 6) is -0.632. The van der Waals surface area contributed by atoms with Gasteiger partial charge < -0.3 is 5.73 Å². The van der Waals surface area contributed by atoms with E-state index in [4.69, 9.17) is 17.3 Å². The lowest BCUT2D eigenvalue weighted by Gasteiger charge is -2.22. The third kappa shape index (κ3) is 2.38. The third-order valence-corrected chi connectivity index (χ3v) is 5.33. The molecule has 0 aromatic heterocycles. The maximum Gasteiger partial charge on any atom is 0.243 e. The predicted octanol–water partition coefficient (Wildman–Crippen LogP) is 1.59. The van der Waals surface area contributed by atoms with Crippen LogP contribution in [0, 0.1) is 5.82 Å². The smallest absolute Gasteiger partial charge is 0.243 e. The van der Waals surface area contributed by atoms with Crippen LogP contribution in [0.3, 0.4) is 0 Å². The summed E-state index contributed by atoms with van der Waals surface area (Å²) in [5.41, 5.74) is 5.56. The van der Waals surface area contributed by atoms with E-state index < -0.39 is 15.8 Å². The van der Waals surface area contributed by atoms with E-state index in [2.05, 4.69) is 0 Å². The number of benzene rings is 1. The van der Waals surface area contributed by atoms with Gasteiger partial charge in [0.2, 0.25) is 10.0 Å². The van der Waals surface area contributed by atoms with E-state index in [1.807, 2.05) is 0 Å². The fourth-order valence-electron chi connectivity index (χ4n) is 2.13. The Labute approximate surface area is 111 Å². The first-order valence-electron chi connectivity index (χ1n) is 5.64. The van der Waals surface area contributed by atoms with Crippen molar-refractivity contribution in [3.63, 3.8) is 0 Å². The molecule has 0 spiro atoms. The van der Waals surface area contributed by atoms with Crippen LogP contribution in [0.1, 0.15) is 12.8 Å². The zero-order chi connectivity index (χ0) is 13.3. The second-order valence-corrected chi connectivity index (χ2v) is 6.52. The van der Waals surface area contributed by atoms with E-state index in [0.29, 0.717) is 6.54 Å². The van der Waals surface area contributed by atoms with Gasteiger partial charge in [-0.15, -0.1) is 0 Å². The van der Waals surface area contributed by atoms with Crippen molar-refractivity contribution < 1.29 is 12.8 Å². The summed E-state index contributed by atoms with van der Waals surface area (Å²) in [6, 6.07) is 3.24. The molecule has 1 atom stereocenters. The van der Waals surface area contributed by atoms with E-state index in [1.165, 1.54) is 10.4 Å². The number of halogens is 2. The Kier molecular flexibility index (Phi) is 3.91. The van der Waals surface area contributed by atoms with Crippen molar-refractivity contribution in [2.24, 2.45) is 5.73 Å². The zero-order valence-corrected chi connectivity index (χ0v) is 11.2. The maximum atomic E-state index is 13.0. The largest absolute Gasteiger partial charge is 0.329 e. The predicted molar refractivity (Wildman–Crippen MR) is 67.4 cm³/mol. The van der Waals surface area contributed by atoms with E-state index in [1.54, 1.807) is 0 Å². The topological polar surface area (TPSA) is 63.4 Å². The van der Waals surface area contributed by atoms with Gasteiger partial charge in [-0.3, -0.25) is 0 Å². The fraction of sp³-hybridized carbons (Fsp3) is 0.455. The Balaban J connectivity index is 2.38. The molecule has 18 heavy (non-hydrogen) atoms. The standard InChI is InChI=1S/C11H14ClFN2O2S/c12-10-6-9(3-4-11(10)13)18(16,17)15-5-1-2-8(15)7-14/h3-4,6,8H,1-2,5,7,14H2/t8-/m0/s1. The van der Waals surface area contributed by atoms with Gasteiger partial charge in [0.1, 0.15) is 5.82 Å². The van der Waals surface area contributed by atoms with Crippen LogP contribution in [0.25, 0.3) is 0 Å². The van der Waals surface area contributed by atoms with Crippen molar-refractivity contribution in [3.05, 3.63) is 29.0 Å². The first-order chi connectivity index (χ1) is 8.46. The molecule has 7 heteroatoms. The molecule has 1 saturated heterocycles. The summed E-state index contributed by atoms with van der Waals surface area (Å²) in [4.78, 5) is 0.00856. The summed E-state index contributed by atoms with van der Waals surface area (Å²) in [7, 11) is -3.64. The highest BCUT2D eigenvalue weighted by atomic mass is 35.5. The van der Waals surface area contributed by atoms with Gasteiger partial charge in [0.05, 0.1) is 9.92 Å². The third-order valence-electron chi connectivity index (χ3n) is 3.09. The lowest BCUT2D eigenvalue weighted by atomic mass is 10.2. The van der Waals surface area contributed by atoms with E-state index in [0.717, 1.165) is 25.0 Å². The van der Waals surface area contributed by atoms with Crippen LogP contribution < -0.4 is 5.73 Å². The molecule has 0 unspecified atom stereocenters. The molecule has 1 aliphatic heterocycles. The highest BCUT2D eigenvalue weighted by Crippen LogP contribution is 2.27. The van der Waals surface area contributed by atoms with Crippen LogP contribution in [0.15, 0.2) is 23.1 Å². The molecule has 4 nitrogen and oxygen atoms in total. The van der Waals surface area contributed by atoms with Crippen LogP contribution in [-0.4, -0.2) is 31.9 Å². The highest BCUT2D eigenvalue weighted by Gasteiger charge is 2.34. The Hall–Kier alpha value is -0.690. The molecule has 1 heterocycles. The SMILES string of the molecule is NC[C@@H]1CCCN1S(=O)(=O)c1ccc(F)c(Cl)c1. The lowest BCUT2D eigenvalue weighted by Crippen LogP contribution is -2.39. The summed E-state index contributed by atoms with van der Waals surface area (Å²) in [6.07, 6.45) is 1.54. The van der Waals surface area contributed by atoms with Gasteiger partial charge in [0.15, 0.2) is 0 Å². The molecule has 1 aromatic carbocycles. The second-order valence-electron chi connectivity index (χ2n) is 4.22. The van der Waals surface area contributed by atoms with E-state index in [9.17, 15) is 12.8 Å². The molecule has 0 radical (unpaired) electrons. The Morgan fingerprint density at radius 1 is 1.50 bits per heavy atom. The zero-order valence-electron chi connectivity index (χ0n) is 9.64. The number of nitrogens with two attached hydrogens (primary N) is 1. The van der Waals surface area contributed by atoms with Gasteiger partial charge in [-0.25, -0.2) is 12.8 Å². The van der Waals surface area contributed by atoms with Gasteiger partial charge in [-0.05, 0) is 31.0 Å². The van der Waals surface area contributed by atoms with Crippen LogP contribution in [-0.2, 0) is 10.0 Å². The molecule has 1 aromatic rings. The molecule has 0 saturated carbocycles. The Morgan fingerprint density at radius 3 is 2.83 bits per heavy atom. The van der Waals surface area contributed by atoms with Gasteiger partial charge >= 0.3 is 0 Å². The number of hydrogen-bond acceptors (Lipinski definition) is 3. The van der Waals surface area contributed by atoms with Crippen LogP contribution in [0.5, 0.6) is 0 Å². The normalized spacial score (nSPS) is 21.4.